The molecule has 0 radical (unpaired) electrons. The van der Waals surface area contributed by atoms with Gasteiger partial charge in [-0.1, -0.05) is 22.0 Å². The van der Waals surface area contributed by atoms with Gasteiger partial charge in [-0.3, -0.25) is 0 Å². The van der Waals surface area contributed by atoms with E-state index in [-0.39, 0.29) is 24.5 Å². The molecule has 1 N–H and O–H groups in total. The van der Waals surface area contributed by atoms with E-state index in [1.165, 1.54) is 6.07 Å². The van der Waals surface area contributed by atoms with Crippen LogP contribution in [0.2, 0.25) is 0 Å². The molecule has 0 bridgehead atoms. The third-order valence-corrected chi connectivity index (χ3v) is 2.62. The van der Waals surface area contributed by atoms with E-state index >= 15 is 0 Å². The minimum absolute atomic E-state index is 0. The quantitative estimate of drug-likeness (QED) is 0.772. The first kappa shape index (κ1) is 11.9. The Hall–Kier alpha value is -0.190. The number of nitrogens with one attached hydrogen (secondary N) is 1. The van der Waals surface area contributed by atoms with Gasteiger partial charge < -0.3 is 5.32 Å². The Balaban J connectivity index is 0.000000980. The van der Waals surface area contributed by atoms with E-state index in [0.717, 1.165) is 0 Å². The number of benzene rings is 1. The largest absolute Gasteiger partial charge is 0.307 e. The fourth-order valence-electron chi connectivity index (χ4n) is 1.49. The van der Waals surface area contributed by atoms with Crippen LogP contribution in [0, 0.1) is 0 Å². The Labute approximate surface area is 95.4 Å². The molecule has 0 amide bonds. The summed E-state index contributed by atoms with van der Waals surface area (Å²) in [6.07, 6.45) is 0. The molecule has 2 rings (SSSR count). The van der Waals surface area contributed by atoms with Crippen LogP contribution >= 0.6 is 28.3 Å². The number of halogens is 4. The Kier molecular flexibility index (Phi) is 3.50. The third-order valence-electron chi connectivity index (χ3n) is 2.13. The molecule has 0 fully saturated rings. The highest BCUT2D eigenvalue weighted by atomic mass is 79.9. The average molecular weight is 285 g/mol. The zero-order chi connectivity index (χ0) is 9.47. The number of hydrogen-bond acceptors (Lipinski definition) is 1. The molecule has 1 nitrogen and oxygen atoms in total. The van der Waals surface area contributed by atoms with Crippen molar-refractivity contribution < 1.29 is 8.78 Å². The Bertz CT molecular complexity index is 344. The van der Waals surface area contributed by atoms with Crippen LogP contribution in [0.1, 0.15) is 11.1 Å². The first-order chi connectivity index (χ1) is 6.09. The second-order valence-corrected chi connectivity index (χ2v) is 4.03. The summed E-state index contributed by atoms with van der Waals surface area (Å²) in [5, 5.41) is 2.69. The number of rotatable bonds is 0. The highest BCUT2D eigenvalue weighted by Gasteiger charge is 2.36. The molecule has 78 valence electrons. The van der Waals surface area contributed by atoms with Crippen molar-refractivity contribution in [3.8, 4) is 0 Å². The summed E-state index contributed by atoms with van der Waals surface area (Å²) in [5.74, 6) is -2.74. The second kappa shape index (κ2) is 4.13. The van der Waals surface area contributed by atoms with Crippen molar-refractivity contribution >= 4 is 28.3 Å². The fourth-order valence-corrected chi connectivity index (χ4v) is 1.85. The molecule has 0 unspecified atom stereocenters. The SMILES string of the molecule is Cl.FC1(F)CNCc2ccc(Br)cc21. The van der Waals surface area contributed by atoms with Gasteiger partial charge in [-0.2, -0.15) is 8.78 Å². The molecule has 14 heavy (non-hydrogen) atoms. The summed E-state index contributed by atoms with van der Waals surface area (Å²) in [5.41, 5.74) is 0.820. The lowest BCUT2D eigenvalue weighted by atomic mass is 9.98. The van der Waals surface area contributed by atoms with E-state index in [1.54, 1.807) is 12.1 Å². The maximum Gasteiger partial charge on any atom is 0.285 e. The van der Waals surface area contributed by atoms with Gasteiger partial charge in [-0.15, -0.1) is 12.4 Å². The molecular formula is C9H9BrClF2N. The summed E-state index contributed by atoms with van der Waals surface area (Å²) < 4.78 is 27.3. The lowest BCUT2D eigenvalue weighted by Crippen LogP contribution is -2.36. The van der Waals surface area contributed by atoms with Crippen molar-refractivity contribution in [3.63, 3.8) is 0 Å². The first-order valence-electron chi connectivity index (χ1n) is 3.97. The van der Waals surface area contributed by atoms with E-state index in [2.05, 4.69) is 21.2 Å². The lowest BCUT2D eigenvalue weighted by Gasteiger charge is -2.26. The summed E-state index contributed by atoms with van der Waals surface area (Å²) in [7, 11) is 0. The van der Waals surface area contributed by atoms with E-state index in [1.807, 2.05) is 0 Å². The van der Waals surface area contributed by atoms with Crippen molar-refractivity contribution in [2.45, 2.75) is 12.5 Å². The topological polar surface area (TPSA) is 12.0 Å². The van der Waals surface area contributed by atoms with Crippen LogP contribution in [0.4, 0.5) is 8.78 Å². The molecule has 1 aliphatic rings. The molecule has 0 saturated carbocycles. The first-order valence-corrected chi connectivity index (χ1v) is 4.76. The van der Waals surface area contributed by atoms with Gasteiger partial charge in [-0.05, 0) is 17.7 Å². The number of alkyl halides is 2. The molecule has 0 aliphatic carbocycles. The Morgan fingerprint density at radius 1 is 1.36 bits per heavy atom. The zero-order valence-corrected chi connectivity index (χ0v) is 9.59. The third kappa shape index (κ3) is 2.07. The highest BCUT2D eigenvalue weighted by molar-refractivity contribution is 9.10. The van der Waals surface area contributed by atoms with Crippen LogP contribution < -0.4 is 5.32 Å². The minimum atomic E-state index is -2.74. The van der Waals surface area contributed by atoms with E-state index < -0.39 is 5.92 Å². The van der Waals surface area contributed by atoms with Crippen LogP contribution in [0.25, 0.3) is 0 Å². The van der Waals surface area contributed by atoms with Gasteiger partial charge in [0.2, 0.25) is 0 Å². The molecule has 1 heterocycles. The molecule has 1 aliphatic heterocycles. The highest BCUT2D eigenvalue weighted by Crippen LogP contribution is 2.34. The monoisotopic (exact) mass is 283 g/mol. The zero-order valence-electron chi connectivity index (χ0n) is 7.19. The predicted octanol–water partition coefficient (Wildman–Crippen LogP) is 3.07. The maximum absolute atomic E-state index is 13.3. The number of hydrogen-bond donors (Lipinski definition) is 1. The Morgan fingerprint density at radius 3 is 2.79 bits per heavy atom. The van der Waals surface area contributed by atoms with Gasteiger partial charge in [0.25, 0.3) is 5.92 Å². The Morgan fingerprint density at radius 2 is 2.07 bits per heavy atom. The van der Waals surface area contributed by atoms with Crippen LogP contribution in [0.15, 0.2) is 22.7 Å². The van der Waals surface area contributed by atoms with Crippen LogP contribution in [0.3, 0.4) is 0 Å². The van der Waals surface area contributed by atoms with Crippen LogP contribution in [-0.2, 0) is 12.5 Å². The lowest BCUT2D eigenvalue weighted by molar-refractivity contribution is -0.0108. The van der Waals surface area contributed by atoms with Crippen LogP contribution in [-0.4, -0.2) is 6.54 Å². The van der Waals surface area contributed by atoms with Crippen molar-refractivity contribution in [2.75, 3.05) is 6.54 Å². The fraction of sp³-hybridized carbons (Fsp3) is 0.333. The molecule has 0 aromatic heterocycles. The van der Waals surface area contributed by atoms with Gasteiger partial charge in [0.05, 0.1) is 6.54 Å². The van der Waals surface area contributed by atoms with Crippen molar-refractivity contribution in [3.05, 3.63) is 33.8 Å². The smallest absolute Gasteiger partial charge is 0.285 e. The van der Waals surface area contributed by atoms with Gasteiger partial charge in [0.15, 0.2) is 0 Å². The predicted molar refractivity (Wildman–Crippen MR) is 57.0 cm³/mol. The van der Waals surface area contributed by atoms with E-state index in [0.29, 0.717) is 16.6 Å². The van der Waals surface area contributed by atoms with Gasteiger partial charge in [-0.25, -0.2) is 0 Å². The molecule has 0 saturated heterocycles. The average Bonchev–Trinajstić information content (AvgIpc) is 2.06. The molecule has 5 heteroatoms. The molecular weight excluding hydrogens is 275 g/mol. The van der Waals surface area contributed by atoms with Gasteiger partial charge >= 0.3 is 0 Å². The minimum Gasteiger partial charge on any atom is -0.307 e. The molecule has 0 spiro atoms. The van der Waals surface area contributed by atoms with Gasteiger partial charge in [0, 0.05) is 16.6 Å². The molecule has 1 aromatic rings. The van der Waals surface area contributed by atoms with Crippen LogP contribution in [0.5, 0.6) is 0 Å². The van der Waals surface area contributed by atoms with E-state index in [4.69, 9.17) is 0 Å². The summed E-state index contributed by atoms with van der Waals surface area (Å²) in [6, 6.07) is 5.00. The molecule has 0 atom stereocenters. The van der Waals surface area contributed by atoms with Crippen molar-refractivity contribution in [2.24, 2.45) is 0 Å². The van der Waals surface area contributed by atoms with Crippen molar-refractivity contribution in [1.29, 1.82) is 0 Å². The second-order valence-electron chi connectivity index (χ2n) is 3.11. The van der Waals surface area contributed by atoms with Gasteiger partial charge in [0.1, 0.15) is 0 Å². The summed E-state index contributed by atoms with van der Waals surface area (Å²) >= 11 is 3.19. The summed E-state index contributed by atoms with van der Waals surface area (Å²) in [4.78, 5) is 0. The standard InChI is InChI=1S/C9H8BrF2N.ClH/c10-7-2-1-6-4-13-5-9(11,12)8(6)3-7;/h1-3,13H,4-5H2;1H. The number of fused-ring (bicyclic) bond motifs is 1. The molecule has 1 aromatic carbocycles. The maximum atomic E-state index is 13.3. The van der Waals surface area contributed by atoms with E-state index in [9.17, 15) is 8.78 Å². The summed E-state index contributed by atoms with van der Waals surface area (Å²) in [6.45, 7) is 0.259. The van der Waals surface area contributed by atoms with Crippen molar-refractivity contribution in [1.82, 2.24) is 5.32 Å². The normalized spacial score (nSPS) is 18.2.